The van der Waals surface area contributed by atoms with Crippen LogP contribution in [0, 0.1) is 0 Å². The van der Waals surface area contributed by atoms with Crippen molar-refractivity contribution in [3.63, 3.8) is 0 Å². The van der Waals surface area contributed by atoms with Gasteiger partial charge in [0, 0.05) is 0 Å². The minimum absolute atomic E-state index is 0.199. The number of carbonyl (C=O) groups is 3. The molecule has 21 heavy (non-hydrogen) atoms. The van der Waals surface area contributed by atoms with Crippen molar-refractivity contribution in [2.24, 2.45) is 5.73 Å². The fourth-order valence-corrected chi connectivity index (χ4v) is 1.31. The molecule has 0 radical (unpaired) electrons. The predicted octanol–water partition coefficient (Wildman–Crippen LogP) is -3.59. The largest absolute Gasteiger partial charge is 0.510 e. The molecule has 0 bridgehead atoms. The Balaban J connectivity index is 5.29. The lowest BCUT2D eigenvalue weighted by Crippen LogP contribution is -2.65. The highest BCUT2D eigenvalue weighted by atomic mass is 16.4. The molecule has 10 nitrogen and oxygen atoms in total. The van der Waals surface area contributed by atoms with E-state index in [4.69, 9.17) is 0 Å². The van der Waals surface area contributed by atoms with E-state index in [9.17, 15) is 39.9 Å². The van der Waals surface area contributed by atoms with Gasteiger partial charge in [0.25, 0.3) is 0 Å². The van der Waals surface area contributed by atoms with Crippen LogP contribution in [0.2, 0.25) is 0 Å². The number of primary amides is 1. The van der Waals surface area contributed by atoms with Crippen LogP contribution in [0.3, 0.4) is 0 Å². The maximum atomic E-state index is 11.0. The van der Waals surface area contributed by atoms with Crippen molar-refractivity contribution >= 4 is 18.1 Å². The van der Waals surface area contributed by atoms with E-state index in [1.807, 2.05) is 0 Å². The van der Waals surface area contributed by atoms with Crippen molar-refractivity contribution in [2.75, 3.05) is 0 Å². The highest BCUT2D eigenvalue weighted by Gasteiger charge is 2.45. The number of rotatable bonds is 6. The van der Waals surface area contributed by atoms with Gasteiger partial charge in [-0.2, -0.15) is 0 Å². The third kappa shape index (κ3) is 4.49. The first kappa shape index (κ1) is 19.0. The molecule has 10 heteroatoms. The van der Waals surface area contributed by atoms with Gasteiger partial charge in [-0.25, -0.2) is 0 Å². The number of amides is 2. The van der Waals surface area contributed by atoms with Crippen LogP contribution < -0.4 is 11.1 Å². The minimum atomic E-state index is -3.09. The number of aliphatic hydroxyl groups is 5. The molecule has 0 spiro atoms. The van der Waals surface area contributed by atoms with Gasteiger partial charge >= 0.3 is 11.8 Å². The van der Waals surface area contributed by atoms with Crippen molar-refractivity contribution in [3.8, 4) is 0 Å². The standard InChI is InChI=1S/C11H18N2O8/c1-4(2)5(15)6(16)7(17)8(18)11(21,3-14)13-10(20)9(12)19/h3,6-8,15-18,21H,1-2H3,(H2,12,19)(H,13,20)/t6-,7-,8+,11-/m1/s1. The Kier molecular flexibility index (Phi) is 6.45. The average Bonchev–Trinajstić information content (AvgIpc) is 2.43. The monoisotopic (exact) mass is 306 g/mol. The normalized spacial score (nSPS) is 17.8. The molecule has 0 aliphatic carbocycles. The van der Waals surface area contributed by atoms with Crippen molar-refractivity contribution < 1.29 is 39.9 Å². The van der Waals surface area contributed by atoms with E-state index < -0.39 is 41.6 Å². The van der Waals surface area contributed by atoms with Gasteiger partial charge in [-0.1, -0.05) is 0 Å². The number of hydrogen-bond donors (Lipinski definition) is 7. The van der Waals surface area contributed by atoms with Crippen LogP contribution in [0.4, 0.5) is 0 Å². The molecule has 0 rings (SSSR count). The van der Waals surface area contributed by atoms with Gasteiger partial charge in [0.05, 0.1) is 0 Å². The van der Waals surface area contributed by atoms with E-state index in [-0.39, 0.29) is 11.9 Å². The summed E-state index contributed by atoms with van der Waals surface area (Å²) >= 11 is 0. The Bertz CT molecular complexity index is 459. The van der Waals surface area contributed by atoms with E-state index in [0.717, 1.165) is 0 Å². The lowest BCUT2D eigenvalue weighted by atomic mass is 9.96. The average molecular weight is 306 g/mol. The Morgan fingerprint density at radius 3 is 2.05 bits per heavy atom. The molecule has 120 valence electrons. The summed E-state index contributed by atoms with van der Waals surface area (Å²) in [7, 11) is 0. The number of nitrogens with one attached hydrogen (secondary N) is 1. The first-order valence-corrected chi connectivity index (χ1v) is 5.69. The fraction of sp³-hybridized carbons (Fsp3) is 0.545. The summed E-state index contributed by atoms with van der Waals surface area (Å²) in [5.74, 6) is -3.85. The van der Waals surface area contributed by atoms with E-state index in [0.29, 0.717) is 0 Å². The summed E-state index contributed by atoms with van der Waals surface area (Å²) in [6, 6.07) is 0. The maximum absolute atomic E-state index is 11.0. The second-order valence-electron chi connectivity index (χ2n) is 4.53. The molecule has 4 atom stereocenters. The van der Waals surface area contributed by atoms with E-state index in [1.54, 1.807) is 0 Å². The molecular weight excluding hydrogens is 288 g/mol. The summed E-state index contributed by atoms with van der Waals surface area (Å²) in [5, 5.41) is 49.5. The van der Waals surface area contributed by atoms with Gasteiger partial charge in [0.2, 0.25) is 5.72 Å². The second-order valence-corrected chi connectivity index (χ2v) is 4.53. The van der Waals surface area contributed by atoms with Gasteiger partial charge in [0.1, 0.15) is 24.1 Å². The number of nitrogens with two attached hydrogens (primary N) is 1. The number of aldehydes is 1. The Labute approximate surface area is 119 Å². The van der Waals surface area contributed by atoms with Gasteiger partial charge in [0.15, 0.2) is 6.29 Å². The number of aliphatic hydroxyl groups excluding tert-OH is 4. The molecule has 0 aromatic rings. The van der Waals surface area contributed by atoms with E-state index >= 15 is 0 Å². The third-order valence-corrected chi connectivity index (χ3v) is 2.61. The molecule has 0 aliphatic heterocycles. The topological polar surface area (TPSA) is 190 Å². The van der Waals surface area contributed by atoms with Crippen LogP contribution in [0.15, 0.2) is 11.3 Å². The molecule has 8 N–H and O–H groups in total. The highest BCUT2D eigenvalue weighted by molar-refractivity contribution is 6.34. The van der Waals surface area contributed by atoms with E-state index in [1.165, 1.54) is 19.2 Å². The van der Waals surface area contributed by atoms with Crippen LogP contribution in [-0.2, 0) is 14.4 Å². The molecule has 0 saturated heterocycles. The molecular formula is C11H18N2O8. The minimum Gasteiger partial charge on any atom is -0.510 e. The summed E-state index contributed by atoms with van der Waals surface area (Å²) in [4.78, 5) is 32.4. The third-order valence-electron chi connectivity index (χ3n) is 2.61. The van der Waals surface area contributed by atoms with Crippen LogP contribution in [0.25, 0.3) is 0 Å². The zero-order chi connectivity index (χ0) is 17.0. The first-order chi connectivity index (χ1) is 9.47. The van der Waals surface area contributed by atoms with Crippen LogP contribution in [-0.4, -0.2) is 67.7 Å². The quantitative estimate of drug-likeness (QED) is 0.113. The van der Waals surface area contributed by atoms with Gasteiger partial charge in [-0.15, -0.1) is 0 Å². The molecule has 2 amide bonds. The van der Waals surface area contributed by atoms with E-state index in [2.05, 4.69) is 5.73 Å². The molecule has 0 aromatic heterocycles. The lowest BCUT2D eigenvalue weighted by Gasteiger charge is -2.32. The van der Waals surface area contributed by atoms with Crippen molar-refractivity contribution in [1.82, 2.24) is 5.32 Å². The van der Waals surface area contributed by atoms with Crippen molar-refractivity contribution in [2.45, 2.75) is 37.9 Å². The number of carbonyl (C=O) groups excluding carboxylic acids is 3. The molecule has 0 aliphatic rings. The fourth-order valence-electron chi connectivity index (χ4n) is 1.31. The Morgan fingerprint density at radius 2 is 1.71 bits per heavy atom. The van der Waals surface area contributed by atoms with Crippen molar-refractivity contribution in [3.05, 3.63) is 11.3 Å². The highest BCUT2D eigenvalue weighted by Crippen LogP contribution is 2.17. The zero-order valence-electron chi connectivity index (χ0n) is 11.3. The maximum Gasteiger partial charge on any atom is 0.311 e. The smallest absolute Gasteiger partial charge is 0.311 e. The first-order valence-electron chi connectivity index (χ1n) is 5.69. The Morgan fingerprint density at radius 1 is 1.24 bits per heavy atom. The summed E-state index contributed by atoms with van der Waals surface area (Å²) in [6.45, 7) is 2.77. The molecule has 0 aromatic carbocycles. The number of hydrogen-bond acceptors (Lipinski definition) is 8. The molecule has 0 heterocycles. The summed E-state index contributed by atoms with van der Waals surface area (Å²) < 4.78 is 0. The van der Waals surface area contributed by atoms with Gasteiger partial charge in [-0.05, 0) is 19.4 Å². The molecule has 0 unspecified atom stereocenters. The lowest BCUT2D eigenvalue weighted by molar-refractivity contribution is -0.174. The second kappa shape index (κ2) is 7.13. The van der Waals surface area contributed by atoms with Crippen molar-refractivity contribution in [1.29, 1.82) is 0 Å². The van der Waals surface area contributed by atoms with Crippen LogP contribution >= 0.6 is 0 Å². The predicted molar refractivity (Wildman–Crippen MR) is 67.4 cm³/mol. The SMILES string of the molecule is CC(C)=C(O)[C@@H](O)[C@@H](O)[C@H](O)[C@](O)(C=O)NC(=O)C(N)=O. The number of allylic oxidation sites excluding steroid dienone is 1. The van der Waals surface area contributed by atoms with Crippen LogP contribution in [0.1, 0.15) is 13.8 Å². The zero-order valence-corrected chi connectivity index (χ0v) is 11.3. The molecule has 0 saturated carbocycles. The molecule has 0 fully saturated rings. The van der Waals surface area contributed by atoms with Crippen LogP contribution in [0.5, 0.6) is 0 Å². The summed E-state index contributed by atoms with van der Waals surface area (Å²) in [5.41, 5.74) is 1.71. The van der Waals surface area contributed by atoms with Gasteiger partial charge in [-0.3, -0.25) is 14.4 Å². The summed E-state index contributed by atoms with van der Waals surface area (Å²) in [6.07, 6.45) is -7.10. The van der Waals surface area contributed by atoms with Gasteiger partial charge < -0.3 is 36.6 Å². The Hall–Kier alpha value is -2.01.